The normalized spacial score (nSPS) is 14.5. The molecule has 0 atom stereocenters. The van der Waals surface area contributed by atoms with E-state index in [1.54, 1.807) is 18.2 Å². The van der Waals surface area contributed by atoms with Crippen molar-refractivity contribution in [2.24, 2.45) is 0 Å². The number of thioether (sulfide) groups is 1. The van der Waals surface area contributed by atoms with Crippen molar-refractivity contribution in [2.75, 3.05) is 11.9 Å². The Morgan fingerprint density at radius 2 is 1.69 bits per heavy atom. The molecular weight excluding hydrogens is 711 g/mol. The summed E-state index contributed by atoms with van der Waals surface area (Å²) < 4.78 is 8.37. The van der Waals surface area contributed by atoms with E-state index in [0.29, 0.717) is 32.6 Å². The van der Waals surface area contributed by atoms with Crippen molar-refractivity contribution in [1.82, 2.24) is 4.90 Å². The van der Waals surface area contributed by atoms with Crippen molar-refractivity contribution in [1.29, 1.82) is 0 Å². The maximum absolute atomic E-state index is 12.8. The molecule has 0 saturated carbocycles. The number of halogens is 3. The third-order valence-electron chi connectivity index (χ3n) is 4.85. The van der Waals surface area contributed by atoms with Crippen molar-refractivity contribution >= 4 is 95.0 Å². The Hall–Kier alpha value is -2.15. The van der Waals surface area contributed by atoms with Gasteiger partial charge < -0.3 is 10.1 Å². The summed E-state index contributed by atoms with van der Waals surface area (Å²) in [6, 6.07) is 20.6. The lowest BCUT2D eigenvalue weighted by Gasteiger charge is -2.13. The number of amides is 3. The van der Waals surface area contributed by atoms with Gasteiger partial charge in [-0.2, -0.15) is 0 Å². The van der Waals surface area contributed by atoms with Crippen molar-refractivity contribution in [3.8, 4) is 5.75 Å². The van der Waals surface area contributed by atoms with Gasteiger partial charge in [-0.1, -0.05) is 30.3 Å². The Morgan fingerprint density at radius 3 is 2.34 bits per heavy atom. The van der Waals surface area contributed by atoms with E-state index in [1.165, 1.54) is 0 Å². The molecule has 0 bridgehead atoms. The standard InChI is InChI=1S/C25H17Br2IN2O4S/c26-19-10-16(11-20(27)23(19)34-14-15-4-2-1-3-5-15)12-21-24(32)30(25(33)35-21)13-22(31)29-18-8-6-17(28)7-9-18/h1-12H,13-14H2,(H,29,31)/b21-12-. The van der Waals surface area contributed by atoms with Gasteiger partial charge in [-0.25, -0.2) is 0 Å². The maximum Gasteiger partial charge on any atom is 0.294 e. The summed E-state index contributed by atoms with van der Waals surface area (Å²) in [6.45, 7) is 0.0498. The highest BCUT2D eigenvalue weighted by Gasteiger charge is 2.36. The summed E-state index contributed by atoms with van der Waals surface area (Å²) in [5, 5.41) is 2.22. The van der Waals surface area contributed by atoms with Gasteiger partial charge in [0.05, 0.1) is 13.9 Å². The second-order valence-corrected chi connectivity index (χ2v) is 11.4. The minimum Gasteiger partial charge on any atom is -0.487 e. The number of carbonyl (C=O) groups is 3. The van der Waals surface area contributed by atoms with Gasteiger partial charge in [-0.15, -0.1) is 0 Å². The third-order valence-corrected chi connectivity index (χ3v) is 7.65. The van der Waals surface area contributed by atoms with Crippen LogP contribution in [0.1, 0.15) is 11.1 Å². The average molecular weight is 728 g/mol. The fraction of sp³-hybridized carbons (Fsp3) is 0.0800. The van der Waals surface area contributed by atoms with Crippen LogP contribution in [-0.4, -0.2) is 28.5 Å². The zero-order chi connectivity index (χ0) is 24.9. The Labute approximate surface area is 236 Å². The minimum absolute atomic E-state index is 0.244. The number of rotatable bonds is 7. The lowest BCUT2D eigenvalue weighted by molar-refractivity contribution is -0.127. The predicted octanol–water partition coefficient (Wildman–Crippen LogP) is 7.07. The van der Waals surface area contributed by atoms with Gasteiger partial charge in [0.1, 0.15) is 18.9 Å². The van der Waals surface area contributed by atoms with Gasteiger partial charge in [-0.05, 0) is 120 Å². The van der Waals surface area contributed by atoms with Crippen LogP contribution >= 0.6 is 66.2 Å². The Morgan fingerprint density at radius 1 is 1.03 bits per heavy atom. The molecule has 3 aromatic carbocycles. The van der Waals surface area contributed by atoms with E-state index in [4.69, 9.17) is 4.74 Å². The average Bonchev–Trinajstić information content (AvgIpc) is 3.08. The molecule has 0 spiro atoms. The van der Waals surface area contributed by atoms with Crippen LogP contribution in [0.25, 0.3) is 6.08 Å². The molecule has 10 heteroatoms. The molecule has 1 fully saturated rings. The number of hydrogen-bond donors (Lipinski definition) is 1. The molecule has 178 valence electrons. The Balaban J connectivity index is 1.43. The first-order valence-corrected chi connectivity index (χ1v) is 13.7. The fourth-order valence-electron chi connectivity index (χ4n) is 3.20. The predicted molar refractivity (Wildman–Crippen MR) is 153 cm³/mol. The maximum atomic E-state index is 12.8. The van der Waals surface area contributed by atoms with Gasteiger partial charge in [0.25, 0.3) is 11.1 Å². The lowest BCUT2D eigenvalue weighted by atomic mass is 10.2. The van der Waals surface area contributed by atoms with Crippen molar-refractivity contribution in [3.63, 3.8) is 0 Å². The number of carbonyl (C=O) groups excluding carboxylic acids is 3. The van der Waals surface area contributed by atoms with Gasteiger partial charge in [0.15, 0.2) is 0 Å². The summed E-state index contributed by atoms with van der Waals surface area (Å²) in [7, 11) is 0. The van der Waals surface area contributed by atoms with Crippen LogP contribution in [0.4, 0.5) is 10.5 Å². The molecule has 3 amide bonds. The van der Waals surface area contributed by atoms with Crippen LogP contribution in [0.3, 0.4) is 0 Å². The Bertz CT molecular complexity index is 1290. The molecule has 1 N–H and O–H groups in total. The van der Waals surface area contributed by atoms with E-state index >= 15 is 0 Å². The summed E-state index contributed by atoms with van der Waals surface area (Å²) in [5.74, 6) is -0.319. The Kier molecular flexibility index (Phi) is 8.68. The van der Waals surface area contributed by atoms with Crippen LogP contribution < -0.4 is 10.1 Å². The fourth-order valence-corrected chi connectivity index (χ4v) is 5.84. The van der Waals surface area contributed by atoms with Crippen molar-refractivity contribution in [2.45, 2.75) is 6.61 Å². The van der Waals surface area contributed by atoms with E-state index in [9.17, 15) is 14.4 Å². The lowest BCUT2D eigenvalue weighted by Crippen LogP contribution is -2.36. The quantitative estimate of drug-likeness (QED) is 0.208. The molecule has 0 radical (unpaired) electrons. The van der Waals surface area contributed by atoms with Crippen LogP contribution in [0, 0.1) is 3.57 Å². The van der Waals surface area contributed by atoms with E-state index in [-0.39, 0.29) is 11.4 Å². The number of ether oxygens (including phenoxy) is 1. The molecule has 0 unspecified atom stereocenters. The van der Waals surface area contributed by atoms with Crippen LogP contribution in [-0.2, 0) is 16.2 Å². The molecule has 1 heterocycles. The zero-order valence-corrected chi connectivity index (χ0v) is 24.1. The SMILES string of the molecule is O=C(CN1C(=O)S/C(=C\c2cc(Br)c(OCc3ccccc3)c(Br)c2)C1=O)Nc1ccc(I)cc1. The molecule has 0 aliphatic carbocycles. The summed E-state index contributed by atoms with van der Waals surface area (Å²) in [4.78, 5) is 38.8. The first kappa shape index (κ1) is 25.9. The van der Waals surface area contributed by atoms with Crippen molar-refractivity contribution < 1.29 is 19.1 Å². The number of benzene rings is 3. The topological polar surface area (TPSA) is 75.7 Å². The summed E-state index contributed by atoms with van der Waals surface area (Å²) in [6.07, 6.45) is 1.62. The first-order chi connectivity index (χ1) is 16.8. The summed E-state index contributed by atoms with van der Waals surface area (Å²) in [5.41, 5.74) is 2.34. The van der Waals surface area contributed by atoms with E-state index in [0.717, 1.165) is 25.8 Å². The molecule has 3 aromatic rings. The van der Waals surface area contributed by atoms with Crippen LogP contribution in [0.15, 0.2) is 80.6 Å². The van der Waals surface area contributed by atoms with Gasteiger partial charge >= 0.3 is 0 Å². The van der Waals surface area contributed by atoms with E-state index < -0.39 is 17.1 Å². The van der Waals surface area contributed by atoms with Gasteiger partial charge in [0.2, 0.25) is 5.91 Å². The molecule has 0 aromatic heterocycles. The number of hydrogen-bond acceptors (Lipinski definition) is 5. The largest absolute Gasteiger partial charge is 0.487 e. The minimum atomic E-state index is -0.505. The van der Waals surface area contributed by atoms with Crippen LogP contribution in [0.5, 0.6) is 5.75 Å². The van der Waals surface area contributed by atoms with Crippen molar-refractivity contribution in [3.05, 3.63) is 95.3 Å². The number of anilines is 1. The van der Waals surface area contributed by atoms with Gasteiger partial charge in [0, 0.05) is 9.26 Å². The highest BCUT2D eigenvalue weighted by Crippen LogP contribution is 2.38. The van der Waals surface area contributed by atoms with Gasteiger partial charge in [-0.3, -0.25) is 19.3 Å². The highest BCUT2D eigenvalue weighted by molar-refractivity contribution is 14.1. The molecule has 1 aliphatic rings. The second-order valence-electron chi connectivity index (χ2n) is 7.41. The monoisotopic (exact) mass is 726 g/mol. The molecule has 1 aliphatic heterocycles. The number of imide groups is 1. The number of nitrogens with one attached hydrogen (secondary N) is 1. The molecule has 35 heavy (non-hydrogen) atoms. The van der Waals surface area contributed by atoms with Crippen LogP contribution in [0.2, 0.25) is 0 Å². The molecular formula is C25H17Br2IN2O4S. The first-order valence-electron chi connectivity index (χ1n) is 10.3. The van der Waals surface area contributed by atoms with E-state index in [1.807, 2.05) is 54.6 Å². The number of nitrogens with zero attached hydrogens (tertiary/aromatic N) is 1. The highest BCUT2D eigenvalue weighted by atomic mass is 127. The molecule has 4 rings (SSSR count). The smallest absolute Gasteiger partial charge is 0.294 e. The van der Waals surface area contributed by atoms with E-state index in [2.05, 4.69) is 59.8 Å². The summed E-state index contributed by atoms with van der Waals surface area (Å²) >= 11 is 10.0. The second kappa shape index (κ2) is 11.7. The molecule has 6 nitrogen and oxygen atoms in total. The zero-order valence-electron chi connectivity index (χ0n) is 18.0. The molecule has 1 saturated heterocycles. The third kappa shape index (κ3) is 6.75.